The predicted octanol–water partition coefficient (Wildman–Crippen LogP) is 7.42. The van der Waals surface area contributed by atoms with E-state index in [0.717, 1.165) is 46.5 Å². The molecule has 2 aromatic heterocycles. The number of hydrogen-bond acceptors (Lipinski definition) is 7. The van der Waals surface area contributed by atoms with Crippen LogP contribution < -0.4 is 10.6 Å². The Hall–Kier alpha value is -2.84. The van der Waals surface area contributed by atoms with Gasteiger partial charge in [-0.2, -0.15) is 0 Å². The van der Waals surface area contributed by atoms with Crippen molar-refractivity contribution in [3.05, 3.63) is 46.9 Å². The lowest BCUT2D eigenvalue weighted by Gasteiger charge is -2.24. The molecule has 1 saturated carbocycles. The van der Waals surface area contributed by atoms with Crippen molar-refractivity contribution in [2.75, 3.05) is 18.5 Å². The number of carbonyl (C=O) groups excluding carboxylic acids is 1. The van der Waals surface area contributed by atoms with Gasteiger partial charge in [0.15, 0.2) is 5.01 Å². The largest absolute Gasteiger partial charge is 0.381 e. The van der Waals surface area contributed by atoms with Crippen molar-refractivity contribution in [3.8, 4) is 21.6 Å². The summed E-state index contributed by atoms with van der Waals surface area (Å²) in [5.41, 5.74) is 5.46. The standard InChI is InChI=1S/C33H45N5O2S/c1-21(2)36-32-34-19-24(20-35-32)26-12-11-23(18-27(26)33(3,4)5)29-28(17-22-9-7-6-8-10-22)38-31(41-29)30(39)37-25-13-15-40-16-14-25/h11-12,18-22,25H,6-10,13-17H2,1-5H3,(H,37,39)(H,34,35,36). The van der Waals surface area contributed by atoms with Crippen molar-refractivity contribution in [3.63, 3.8) is 0 Å². The summed E-state index contributed by atoms with van der Waals surface area (Å²) in [6, 6.07) is 7.10. The number of anilines is 1. The molecule has 2 aliphatic rings. The van der Waals surface area contributed by atoms with Crippen molar-refractivity contribution in [2.24, 2.45) is 5.92 Å². The highest BCUT2D eigenvalue weighted by Crippen LogP contribution is 2.40. The van der Waals surface area contributed by atoms with E-state index in [1.165, 1.54) is 49.0 Å². The van der Waals surface area contributed by atoms with Gasteiger partial charge in [-0.1, -0.05) is 65.0 Å². The van der Waals surface area contributed by atoms with Crippen molar-refractivity contribution < 1.29 is 9.53 Å². The number of amides is 1. The number of carbonyl (C=O) groups is 1. The molecule has 5 rings (SSSR count). The van der Waals surface area contributed by atoms with Gasteiger partial charge >= 0.3 is 0 Å². The molecule has 3 aromatic rings. The molecule has 1 aliphatic heterocycles. The van der Waals surface area contributed by atoms with E-state index in [1.54, 1.807) is 0 Å². The van der Waals surface area contributed by atoms with E-state index in [-0.39, 0.29) is 23.4 Å². The number of hydrogen-bond donors (Lipinski definition) is 2. The Morgan fingerprint density at radius 1 is 1.02 bits per heavy atom. The third-order valence-electron chi connectivity index (χ3n) is 8.13. The number of nitrogens with zero attached hydrogens (tertiary/aromatic N) is 3. The van der Waals surface area contributed by atoms with Gasteiger partial charge in [0, 0.05) is 43.3 Å². The zero-order valence-electron chi connectivity index (χ0n) is 25.3. The van der Waals surface area contributed by atoms with Gasteiger partial charge in [-0.05, 0) is 67.2 Å². The lowest BCUT2D eigenvalue weighted by molar-refractivity contribution is 0.0696. The van der Waals surface area contributed by atoms with Gasteiger partial charge in [-0.25, -0.2) is 15.0 Å². The third-order valence-corrected chi connectivity index (χ3v) is 9.27. The number of rotatable bonds is 8. The first-order chi connectivity index (χ1) is 19.7. The summed E-state index contributed by atoms with van der Waals surface area (Å²) in [7, 11) is 0. The number of aromatic nitrogens is 3. The van der Waals surface area contributed by atoms with Crippen LogP contribution in [0.4, 0.5) is 5.95 Å². The molecule has 0 spiro atoms. The van der Waals surface area contributed by atoms with E-state index in [1.807, 2.05) is 12.4 Å². The summed E-state index contributed by atoms with van der Waals surface area (Å²) < 4.78 is 5.48. The Morgan fingerprint density at radius 3 is 2.39 bits per heavy atom. The molecule has 7 nitrogen and oxygen atoms in total. The van der Waals surface area contributed by atoms with E-state index in [0.29, 0.717) is 30.1 Å². The number of ether oxygens (including phenoxy) is 1. The average molecular weight is 576 g/mol. The van der Waals surface area contributed by atoms with Crippen LogP contribution in [0.15, 0.2) is 30.6 Å². The molecule has 2 fully saturated rings. The summed E-state index contributed by atoms with van der Waals surface area (Å²) in [4.78, 5) is 28.6. The first-order valence-electron chi connectivity index (χ1n) is 15.3. The molecule has 0 atom stereocenters. The normalized spacial score (nSPS) is 17.1. The van der Waals surface area contributed by atoms with Crippen LogP contribution in [0.1, 0.15) is 101 Å². The van der Waals surface area contributed by atoms with Crippen molar-refractivity contribution >= 4 is 23.2 Å². The summed E-state index contributed by atoms with van der Waals surface area (Å²) in [5, 5.41) is 7.06. The summed E-state index contributed by atoms with van der Waals surface area (Å²) in [6.45, 7) is 12.3. The highest BCUT2D eigenvalue weighted by Gasteiger charge is 2.26. The first kappa shape index (κ1) is 29.6. The maximum absolute atomic E-state index is 13.3. The minimum atomic E-state index is -0.0995. The molecule has 1 aliphatic carbocycles. The predicted molar refractivity (Wildman–Crippen MR) is 168 cm³/mol. The second-order valence-electron chi connectivity index (χ2n) is 13.0. The van der Waals surface area contributed by atoms with Crippen LogP contribution in [-0.4, -0.2) is 46.2 Å². The summed E-state index contributed by atoms with van der Waals surface area (Å²) >= 11 is 1.54. The van der Waals surface area contributed by atoms with Crippen LogP contribution in [-0.2, 0) is 16.6 Å². The fourth-order valence-electron chi connectivity index (χ4n) is 5.92. The molecule has 1 amide bonds. The Kier molecular flexibility index (Phi) is 9.39. The average Bonchev–Trinajstić information content (AvgIpc) is 3.37. The Labute approximate surface area is 249 Å². The molecule has 41 heavy (non-hydrogen) atoms. The molecule has 0 radical (unpaired) electrons. The molecule has 0 unspecified atom stereocenters. The molecule has 0 bridgehead atoms. The molecular weight excluding hydrogens is 530 g/mol. The molecule has 3 heterocycles. The molecule has 220 valence electrons. The molecule has 1 aromatic carbocycles. The summed E-state index contributed by atoms with van der Waals surface area (Å²) in [5.74, 6) is 1.21. The Bertz CT molecular complexity index is 1320. The summed E-state index contributed by atoms with van der Waals surface area (Å²) in [6.07, 6.45) is 12.8. The van der Waals surface area contributed by atoms with Crippen LogP contribution in [0.3, 0.4) is 0 Å². The van der Waals surface area contributed by atoms with Gasteiger partial charge in [0.25, 0.3) is 5.91 Å². The topological polar surface area (TPSA) is 89.0 Å². The van der Waals surface area contributed by atoms with Crippen LogP contribution in [0.5, 0.6) is 0 Å². The Balaban J connectivity index is 1.49. The van der Waals surface area contributed by atoms with Crippen LogP contribution in [0, 0.1) is 5.92 Å². The minimum absolute atomic E-state index is 0.0574. The highest BCUT2D eigenvalue weighted by molar-refractivity contribution is 7.17. The van der Waals surface area contributed by atoms with E-state index in [4.69, 9.17) is 9.72 Å². The van der Waals surface area contributed by atoms with Crippen molar-refractivity contribution in [2.45, 2.75) is 103 Å². The molecular formula is C33H45N5O2S. The second-order valence-corrected chi connectivity index (χ2v) is 14.0. The zero-order chi connectivity index (χ0) is 29.0. The third kappa shape index (κ3) is 7.52. The van der Waals surface area contributed by atoms with Gasteiger partial charge < -0.3 is 15.4 Å². The van der Waals surface area contributed by atoms with E-state index < -0.39 is 0 Å². The van der Waals surface area contributed by atoms with Gasteiger partial charge in [-0.15, -0.1) is 11.3 Å². The number of nitrogens with one attached hydrogen (secondary N) is 2. The van der Waals surface area contributed by atoms with Crippen molar-refractivity contribution in [1.29, 1.82) is 0 Å². The maximum atomic E-state index is 13.3. The van der Waals surface area contributed by atoms with Crippen molar-refractivity contribution in [1.82, 2.24) is 20.3 Å². The fraction of sp³-hybridized carbons (Fsp3) is 0.576. The highest BCUT2D eigenvalue weighted by atomic mass is 32.1. The maximum Gasteiger partial charge on any atom is 0.280 e. The SMILES string of the molecule is CC(C)Nc1ncc(-c2ccc(-c3sc(C(=O)NC4CCOCC4)nc3CC3CCCCC3)cc2C(C)(C)C)cn1. The first-order valence-corrected chi connectivity index (χ1v) is 16.1. The van der Waals surface area contributed by atoms with Gasteiger partial charge in [0.05, 0.1) is 10.6 Å². The van der Waals surface area contributed by atoms with Gasteiger partial charge in [0.1, 0.15) is 0 Å². The minimum Gasteiger partial charge on any atom is -0.381 e. The zero-order valence-corrected chi connectivity index (χ0v) is 26.1. The number of benzene rings is 1. The lowest BCUT2D eigenvalue weighted by atomic mass is 9.81. The van der Waals surface area contributed by atoms with E-state index >= 15 is 0 Å². The molecule has 2 N–H and O–H groups in total. The molecule has 1 saturated heterocycles. The number of thiazole rings is 1. The van der Waals surface area contributed by atoms with E-state index in [2.05, 4.69) is 73.4 Å². The lowest BCUT2D eigenvalue weighted by Crippen LogP contribution is -2.38. The van der Waals surface area contributed by atoms with Gasteiger partial charge in [-0.3, -0.25) is 4.79 Å². The van der Waals surface area contributed by atoms with Crippen LogP contribution >= 0.6 is 11.3 Å². The second kappa shape index (κ2) is 13.0. The smallest absolute Gasteiger partial charge is 0.280 e. The molecule has 8 heteroatoms. The quantitative estimate of drug-likeness (QED) is 0.291. The van der Waals surface area contributed by atoms with Crippen LogP contribution in [0.25, 0.3) is 21.6 Å². The Morgan fingerprint density at radius 2 is 1.73 bits per heavy atom. The van der Waals surface area contributed by atoms with E-state index in [9.17, 15) is 4.79 Å². The fourth-order valence-corrected chi connectivity index (χ4v) is 6.92. The monoisotopic (exact) mass is 575 g/mol. The van der Waals surface area contributed by atoms with Crippen LogP contribution in [0.2, 0.25) is 0 Å². The van der Waals surface area contributed by atoms with Gasteiger partial charge in [0.2, 0.25) is 5.95 Å².